The molecule has 6 nitrogen and oxygen atoms in total. The molecule has 0 spiro atoms. The van der Waals surface area contributed by atoms with Crippen LogP contribution in [0, 0.1) is 6.92 Å². The molecule has 5 rings (SSSR count). The maximum Gasteiger partial charge on any atom is 0.256 e. The number of carbonyl (C=O) groups excluding carboxylic acids is 2. The molecule has 0 bridgehead atoms. The summed E-state index contributed by atoms with van der Waals surface area (Å²) in [5.74, 6) is 0.787. The van der Waals surface area contributed by atoms with Crippen molar-refractivity contribution >= 4 is 17.5 Å². The van der Waals surface area contributed by atoms with Crippen molar-refractivity contribution in [1.29, 1.82) is 0 Å². The fourth-order valence-corrected chi connectivity index (χ4v) is 4.11. The highest BCUT2D eigenvalue weighted by Gasteiger charge is 2.20. The lowest BCUT2D eigenvalue weighted by molar-refractivity contribution is 0.0792. The van der Waals surface area contributed by atoms with Crippen molar-refractivity contribution in [3.05, 3.63) is 95.7 Å². The van der Waals surface area contributed by atoms with Crippen LogP contribution >= 0.6 is 0 Å². The van der Waals surface area contributed by atoms with Gasteiger partial charge < -0.3 is 14.6 Å². The van der Waals surface area contributed by atoms with E-state index in [1.807, 2.05) is 48.2 Å². The van der Waals surface area contributed by atoms with Gasteiger partial charge in [-0.25, -0.2) is 4.98 Å². The minimum atomic E-state index is -0.274. The van der Waals surface area contributed by atoms with Crippen LogP contribution in [0.2, 0.25) is 0 Å². The van der Waals surface area contributed by atoms with E-state index >= 15 is 0 Å². The van der Waals surface area contributed by atoms with Gasteiger partial charge in [-0.2, -0.15) is 0 Å². The Morgan fingerprint density at radius 3 is 2.35 bits per heavy atom. The Hall–Kier alpha value is -4.19. The monoisotopic (exact) mass is 451 g/mol. The Morgan fingerprint density at radius 2 is 1.62 bits per heavy atom. The van der Waals surface area contributed by atoms with E-state index in [4.69, 9.17) is 4.42 Å². The van der Waals surface area contributed by atoms with Gasteiger partial charge in [0.1, 0.15) is 0 Å². The molecule has 0 unspecified atom stereocenters. The molecular weight excluding hydrogens is 426 g/mol. The topological polar surface area (TPSA) is 75.4 Å². The SMILES string of the molecule is Cc1ccc(-c2cnc(-c3ccccc3C(=O)Nc3ccc(C(=O)N4CCCC4)cc3)o2)cc1. The molecule has 0 radical (unpaired) electrons. The van der Waals surface area contributed by atoms with Gasteiger partial charge in [0.25, 0.3) is 11.8 Å². The molecule has 1 aliphatic rings. The number of anilines is 1. The highest BCUT2D eigenvalue weighted by atomic mass is 16.4. The van der Waals surface area contributed by atoms with Crippen LogP contribution in [0.3, 0.4) is 0 Å². The number of aromatic nitrogens is 1. The zero-order valence-corrected chi connectivity index (χ0v) is 19.0. The molecule has 2 amide bonds. The zero-order chi connectivity index (χ0) is 23.5. The number of hydrogen-bond acceptors (Lipinski definition) is 4. The molecule has 6 heteroatoms. The van der Waals surface area contributed by atoms with Gasteiger partial charge in [0.15, 0.2) is 5.76 Å². The van der Waals surface area contributed by atoms with Gasteiger partial charge in [-0.1, -0.05) is 42.0 Å². The summed E-state index contributed by atoms with van der Waals surface area (Å²) in [6.45, 7) is 3.64. The number of benzene rings is 3. The number of carbonyl (C=O) groups is 2. The van der Waals surface area contributed by atoms with Crippen LogP contribution in [0.15, 0.2) is 83.4 Å². The largest absolute Gasteiger partial charge is 0.436 e. The number of rotatable bonds is 5. The highest BCUT2D eigenvalue weighted by Crippen LogP contribution is 2.29. The molecule has 170 valence electrons. The van der Waals surface area contributed by atoms with Gasteiger partial charge in [0.05, 0.1) is 11.8 Å². The predicted molar refractivity (Wildman–Crippen MR) is 132 cm³/mol. The summed E-state index contributed by atoms with van der Waals surface area (Å²) in [6, 6.07) is 22.2. The van der Waals surface area contributed by atoms with E-state index in [1.165, 1.54) is 5.56 Å². The van der Waals surface area contributed by atoms with E-state index < -0.39 is 0 Å². The predicted octanol–water partition coefficient (Wildman–Crippen LogP) is 5.81. The Balaban J connectivity index is 1.34. The van der Waals surface area contributed by atoms with Gasteiger partial charge in [0, 0.05) is 35.5 Å². The lowest BCUT2D eigenvalue weighted by Crippen LogP contribution is -2.27. The Labute approximate surface area is 198 Å². The average Bonchev–Trinajstić information content (AvgIpc) is 3.57. The quantitative estimate of drug-likeness (QED) is 0.416. The lowest BCUT2D eigenvalue weighted by atomic mass is 10.1. The summed E-state index contributed by atoms with van der Waals surface area (Å²) < 4.78 is 5.99. The second-order valence-electron chi connectivity index (χ2n) is 8.47. The fraction of sp³-hybridized carbons (Fsp3) is 0.179. The van der Waals surface area contributed by atoms with Crippen LogP contribution in [-0.2, 0) is 0 Å². The molecule has 1 saturated heterocycles. The van der Waals surface area contributed by atoms with Crippen LogP contribution in [0.1, 0.15) is 39.1 Å². The molecule has 1 fully saturated rings. The first-order valence-corrected chi connectivity index (χ1v) is 11.4. The summed E-state index contributed by atoms with van der Waals surface area (Å²) >= 11 is 0. The van der Waals surface area contributed by atoms with Gasteiger partial charge >= 0.3 is 0 Å². The standard InChI is InChI=1S/C28H25N3O3/c1-19-8-10-20(11-9-19)25-18-29-27(34-25)24-7-3-2-6-23(24)26(32)30-22-14-12-21(13-15-22)28(33)31-16-4-5-17-31/h2-3,6-15,18H,4-5,16-17H2,1H3,(H,30,32). The summed E-state index contributed by atoms with van der Waals surface area (Å²) in [6.07, 6.45) is 3.78. The van der Waals surface area contributed by atoms with Crippen LogP contribution < -0.4 is 5.32 Å². The van der Waals surface area contributed by atoms with Crippen molar-refractivity contribution in [2.24, 2.45) is 0 Å². The molecule has 1 aromatic heterocycles. The first kappa shape index (κ1) is 21.6. The third kappa shape index (κ3) is 4.48. The van der Waals surface area contributed by atoms with Crippen molar-refractivity contribution in [1.82, 2.24) is 9.88 Å². The van der Waals surface area contributed by atoms with Crippen molar-refractivity contribution in [3.8, 4) is 22.8 Å². The summed E-state index contributed by atoms with van der Waals surface area (Å²) in [4.78, 5) is 31.9. The van der Waals surface area contributed by atoms with Crippen LogP contribution in [0.4, 0.5) is 5.69 Å². The smallest absolute Gasteiger partial charge is 0.256 e. The molecule has 34 heavy (non-hydrogen) atoms. The van der Waals surface area contributed by atoms with Crippen LogP contribution in [0.25, 0.3) is 22.8 Å². The van der Waals surface area contributed by atoms with Gasteiger partial charge in [0.2, 0.25) is 5.89 Å². The van der Waals surface area contributed by atoms with Gasteiger partial charge in [-0.15, -0.1) is 0 Å². The Kier molecular flexibility index (Phi) is 5.95. The first-order valence-electron chi connectivity index (χ1n) is 11.4. The molecule has 0 aliphatic carbocycles. The van der Waals surface area contributed by atoms with Crippen molar-refractivity contribution in [3.63, 3.8) is 0 Å². The van der Waals surface area contributed by atoms with E-state index in [-0.39, 0.29) is 11.8 Å². The number of likely N-dealkylation sites (tertiary alicyclic amines) is 1. The Bertz CT molecular complexity index is 1320. The third-order valence-corrected chi connectivity index (χ3v) is 6.03. The van der Waals surface area contributed by atoms with Crippen molar-refractivity contribution in [2.45, 2.75) is 19.8 Å². The number of hydrogen-bond donors (Lipinski definition) is 1. The molecular formula is C28H25N3O3. The van der Waals surface area contributed by atoms with E-state index in [2.05, 4.69) is 10.3 Å². The molecule has 2 heterocycles. The Morgan fingerprint density at radius 1 is 0.912 bits per heavy atom. The zero-order valence-electron chi connectivity index (χ0n) is 19.0. The second kappa shape index (κ2) is 9.35. The van der Waals surface area contributed by atoms with E-state index in [9.17, 15) is 9.59 Å². The van der Waals surface area contributed by atoms with Crippen LogP contribution in [-0.4, -0.2) is 34.8 Å². The average molecular weight is 452 g/mol. The van der Waals surface area contributed by atoms with Crippen molar-refractivity contribution < 1.29 is 14.0 Å². The lowest BCUT2D eigenvalue weighted by Gasteiger charge is -2.15. The number of nitrogens with zero attached hydrogens (tertiary/aromatic N) is 2. The molecule has 3 aromatic carbocycles. The summed E-state index contributed by atoms with van der Waals surface area (Å²) in [5.41, 5.74) is 4.40. The first-order chi connectivity index (χ1) is 16.6. The van der Waals surface area contributed by atoms with E-state index in [1.54, 1.807) is 42.6 Å². The molecule has 0 saturated carbocycles. The number of aryl methyl sites for hydroxylation is 1. The van der Waals surface area contributed by atoms with E-state index in [0.29, 0.717) is 34.0 Å². The molecule has 0 atom stereocenters. The molecule has 1 N–H and O–H groups in total. The summed E-state index contributed by atoms with van der Waals surface area (Å²) in [5, 5.41) is 2.92. The minimum Gasteiger partial charge on any atom is -0.436 e. The maximum atomic E-state index is 13.1. The highest BCUT2D eigenvalue weighted by molar-refractivity contribution is 6.08. The van der Waals surface area contributed by atoms with Gasteiger partial charge in [-0.05, 0) is 56.2 Å². The van der Waals surface area contributed by atoms with Crippen LogP contribution in [0.5, 0.6) is 0 Å². The number of amides is 2. The number of oxazole rings is 1. The number of nitrogens with one attached hydrogen (secondary N) is 1. The third-order valence-electron chi connectivity index (χ3n) is 6.03. The maximum absolute atomic E-state index is 13.1. The molecule has 1 aliphatic heterocycles. The fourth-order valence-electron chi connectivity index (χ4n) is 4.11. The van der Waals surface area contributed by atoms with E-state index in [0.717, 1.165) is 31.5 Å². The second-order valence-corrected chi connectivity index (χ2v) is 8.47. The normalized spacial score (nSPS) is 13.1. The van der Waals surface area contributed by atoms with Crippen molar-refractivity contribution in [2.75, 3.05) is 18.4 Å². The minimum absolute atomic E-state index is 0.0361. The molecule has 4 aromatic rings. The summed E-state index contributed by atoms with van der Waals surface area (Å²) in [7, 11) is 0. The van der Waals surface area contributed by atoms with Gasteiger partial charge in [-0.3, -0.25) is 9.59 Å².